The van der Waals surface area contributed by atoms with E-state index in [-0.39, 0.29) is 5.91 Å². The van der Waals surface area contributed by atoms with Crippen LogP contribution in [0.3, 0.4) is 0 Å². The average molecular weight is 241 g/mol. The molecule has 1 aliphatic carbocycles. The maximum absolute atomic E-state index is 11.8. The highest BCUT2D eigenvalue weighted by molar-refractivity contribution is 5.84. The molecule has 0 saturated heterocycles. The molecule has 2 N–H and O–H groups in total. The summed E-state index contributed by atoms with van der Waals surface area (Å²) < 4.78 is 0. The highest BCUT2D eigenvalue weighted by Gasteiger charge is 2.34. The molecule has 1 aliphatic rings. The first-order chi connectivity index (χ1) is 8.02. The predicted molar refractivity (Wildman–Crippen MR) is 61.9 cm³/mol. The quantitative estimate of drug-likeness (QED) is 0.563. The molecule has 0 radical (unpaired) electrons. The molecule has 0 aromatic carbocycles. The Morgan fingerprint density at radius 2 is 1.94 bits per heavy atom. The fourth-order valence-corrected chi connectivity index (χ4v) is 1.73. The molecule has 0 aliphatic heterocycles. The van der Waals surface area contributed by atoms with Gasteiger partial charge in [0.05, 0.1) is 18.4 Å². The summed E-state index contributed by atoms with van der Waals surface area (Å²) in [5.41, 5.74) is 2.33. The number of allylic oxidation sites excluding steroid dienone is 2. The minimum Gasteiger partial charge on any atom is -0.481 e. The van der Waals surface area contributed by atoms with E-state index >= 15 is 0 Å². The summed E-state index contributed by atoms with van der Waals surface area (Å²) in [5, 5.41) is 9.02. The second kappa shape index (κ2) is 6.39. The highest BCUT2D eigenvalue weighted by Crippen LogP contribution is 2.25. The van der Waals surface area contributed by atoms with E-state index in [0.717, 1.165) is 0 Å². The fourth-order valence-electron chi connectivity index (χ4n) is 1.73. The SMILES string of the molecule is CC(C)CONC(=O)[C@@H]1CC=CC[C@@H]1C(=O)O. The van der Waals surface area contributed by atoms with Crippen molar-refractivity contribution >= 4 is 11.9 Å². The van der Waals surface area contributed by atoms with E-state index in [1.165, 1.54) is 0 Å². The van der Waals surface area contributed by atoms with Crippen LogP contribution in [0.15, 0.2) is 12.2 Å². The Kier molecular flexibility index (Phi) is 5.15. The number of aliphatic carboxylic acids is 1. The second-order valence-corrected chi connectivity index (χ2v) is 4.67. The van der Waals surface area contributed by atoms with Crippen LogP contribution >= 0.6 is 0 Å². The van der Waals surface area contributed by atoms with Gasteiger partial charge in [-0.2, -0.15) is 0 Å². The van der Waals surface area contributed by atoms with Crippen molar-refractivity contribution in [2.75, 3.05) is 6.61 Å². The standard InChI is InChI=1S/C12H19NO4/c1-8(2)7-17-13-11(14)9-5-3-4-6-10(9)12(15)16/h3-4,8-10H,5-7H2,1-2H3,(H,13,14)(H,15,16)/t9-,10+/m1/s1. The van der Waals surface area contributed by atoms with Crippen LogP contribution in [-0.4, -0.2) is 23.6 Å². The molecular formula is C12H19NO4. The van der Waals surface area contributed by atoms with Crippen LogP contribution in [0.4, 0.5) is 0 Å². The van der Waals surface area contributed by atoms with Crippen LogP contribution in [0.5, 0.6) is 0 Å². The van der Waals surface area contributed by atoms with E-state index in [4.69, 9.17) is 9.94 Å². The van der Waals surface area contributed by atoms with E-state index < -0.39 is 17.8 Å². The number of carboxylic acids is 1. The summed E-state index contributed by atoms with van der Waals surface area (Å²) >= 11 is 0. The van der Waals surface area contributed by atoms with Crippen molar-refractivity contribution in [2.24, 2.45) is 17.8 Å². The number of carbonyl (C=O) groups excluding carboxylic acids is 1. The third kappa shape index (κ3) is 4.19. The summed E-state index contributed by atoms with van der Waals surface area (Å²) in [7, 11) is 0. The lowest BCUT2D eigenvalue weighted by Gasteiger charge is -2.24. The third-order valence-electron chi connectivity index (χ3n) is 2.68. The van der Waals surface area contributed by atoms with Crippen molar-refractivity contribution in [3.05, 3.63) is 12.2 Å². The van der Waals surface area contributed by atoms with Crippen LogP contribution in [0.25, 0.3) is 0 Å². The summed E-state index contributed by atoms with van der Waals surface area (Å²) in [6.07, 6.45) is 4.50. The zero-order valence-electron chi connectivity index (χ0n) is 10.2. The molecule has 17 heavy (non-hydrogen) atoms. The number of amides is 1. The normalized spacial score (nSPS) is 23.7. The molecule has 0 spiro atoms. The summed E-state index contributed by atoms with van der Waals surface area (Å²) in [4.78, 5) is 27.8. The van der Waals surface area contributed by atoms with E-state index in [9.17, 15) is 9.59 Å². The van der Waals surface area contributed by atoms with Crippen LogP contribution in [-0.2, 0) is 14.4 Å². The van der Waals surface area contributed by atoms with Crippen LogP contribution in [0.2, 0.25) is 0 Å². The topological polar surface area (TPSA) is 75.6 Å². The molecule has 96 valence electrons. The van der Waals surface area contributed by atoms with Crippen molar-refractivity contribution in [3.63, 3.8) is 0 Å². The number of hydrogen-bond donors (Lipinski definition) is 2. The zero-order chi connectivity index (χ0) is 12.8. The molecule has 0 heterocycles. The molecule has 0 saturated carbocycles. The number of rotatable bonds is 5. The molecule has 1 rings (SSSR count). The Morgan fingerprint density at radius 3 is 2.47 bits per heavy atom. The van der Waals surface area contributed by atoms with Gasteiger partial charge in [0.2, 0.25) is 5.91 Å². The molecular weight excluding hydrogens is 222 g/mol. The molecule has 0 unspecified atom stereocenters. The van der Waals surface area contributed by atoms with Crippen molar-refractivity contribution in [3.8, 4) is 0 Å². The number of carbonyl (C=O) groups is 2. The van der Waals surface area contributed by atoms with Gasteiger partial charge in [0.1, 0.15) is 0 Å². The Bertz CT molecular complexity index is 312. The monoisotopic (exact) mass is 241 g/mol. The number of hydrogen-bond acceptors (Lipinski definition) is 3. The first-order valence-electron chi connectivity index (χ1n) is 5.81. The largest absolute Gasteiger partial charge is 0.481 e. The maximum Gasteiger partial charge on any atom is 0.307 e. The molecule has 2 atom stereocenters. The van der Waals surface area contributed by atoms with Gasteiger partial charge in [-0.1, -0.05) is 26.0 Å². The smallest absolute Gasteiger partial charge is 0.307 e. The van der Waals surface area contributed by atoms with Crippen LogP contribution < -0.4 is 5.48 Å². The zero-order valence-corrected chi connectivity index (χ0v) is 10.2. The number of hydroxylamine groups is 1. The number of carboxylic acid groups (broad SMARTS) is 1. The van der Waals surface area contributed by atoms with Gasteiger partial charge in [-0.3, -0.25) is 14.4 Å². The first kappa shape index (κ1) is 13.7. The molecule has 5 heteroatoms. The molecule has 5 nitrogen and oxygen atoms in total. The highest BCUT2D eigenvalue weighted by atomic mass is 16.7. The lowest BCUT2D eigenvalue weighted by molar-refractivity contribution is -0.151. The Balaban J connectivity index is 2.48. The fraction of sp³-hybridized carbons (Fsp3) is 0.667. The van der Waals surface area contributed by atoms with Gasteiger partial charge in [0.25, 0.3) is 0 Å². The first-order valence-corrected chi connectivity index (χ1v) is 5.81. The van der Waals surface area contributed by atoms with Gasteiger partial charge < -0.3 is 5.11 Å². The molecule has 0 aromatic heterocycles. The lowest BCUT2D eigenvalue weighted by Crippen LogP contribution is -2.39. The predicted octanol–water partition coefficient (Wildman–Crippen LogP) is 1.36. The van der Waals surface area contributed by atoms with Gasteiger partial charge >= 0.3 is 5.97 Å². The number of nitrogens with one attached hydrogen (secondary N) is 1. The van der Waals surface area contributed by atoms with E-state index in [2.05, 4.69) is 5.48 Å². The van der Waals surface area contributed by atoms with Crippen molar-refractivity contribution in [1.29, 1.82) is 0 Å². The van der Waals surface area contributed by atoms with Gasteiger partial charge in [-0.25, -0.2) is 5.48 Å². The Morgan fingerprint density at radius 1 is 1.35 bits per heavy atom. The van der Waals surface area contributed by atoms with Gasteiger partial charge in [-0.05, 0) is 18.8 Å². The Hall–Kier alpha value is -1.36. The van der Waals surface area contributed by atoms with Crippen molar-refractivity contribution < 1.29 is 19.5 Å². The van der Waals surface area contributed by atoms with Crippen LogP contribution in [0, 0.1) is 17.8 Å². The summed E-state index contributed by atoms with van der Waals surface area (Å²) in [5.74, 6) is -2.15. The Labute approximate surface area is 101 Å². The minimum atomic E-state index is -0.932. The van der Waals surface area contributed by atoms with Crippen molar-refractivity contribution in [1.82, 2.24) is 5.48 Å². The van der Waals surface area contributed by atoms with Gasteiger partial charge in [0.15, 0.2) is 0 Å². The van der Waals surface area contributed by atoms with Gasteiger partial charge in [-0.15, -0.1) is 0 Å². The lowest BCUT2D eigenvalue weighted by atomic mass is 9.82. The average Bonchev–Trinajstić information content (AvgIpc) is 2.28. The van der Waals surface area contributed by atoms with E-state index in [0.29, 0.717) is 25.4 Å². The van der Waals surface area contributed by atoms with E-state index in [1.54, 1.807) is 6.08 Å². The third-order valence-corrected chi connectivity index (χ3v) is 2.68. The summed E-state index contributed by atoms with van der Waals surface area (Å²) in [6.45, 7) is 4.36. The summed E-state index contributed by atoms with van der Waals surface area (Å²) in [6, 6.07) is 0. The molecule has 1 amide bonds. The van der Waals surface area contributed by atoms with Crippen molar-refractivity contribution in [2.45, 2.75) is 26.7 Å². The second-order valence-electron chi connectivity index (χ2n) is 4.67. The molecule has 0 fully saturated rings. The van der Waals surface area contributed by atoms with Gasteiger partial charge in [0, 0.05) is 0 Å². The minimum absolute atomic E-state index is 0.317. The molecule has 0 bridgehead atoms. The maximum atomic E-state index is 11.8. The van der Waals surface area contributed by atoms with Crippen LogP contribution in [0.1, 0.15) is 26.7 Å². The molecule has 0 aromatic rings. The van der Waals surface area contributed by atoms with E-state index in [1.807, 2.05) is 19.9 Å².